The van der Waals surface area contributed by atoms with E-state index in [1.807, 2.05) is 30.3 Å². The predicted molar refractivity (Wildman–Crippen MR) is 121 cm³/mol. The maximum Gasteiger partial charge on any atom is 0.256 e. The molecule has 0 saturated carbocycles. The summed E-state index contributed by atoms with van der Waals surface area (Å²) < 4.78 is 0. The van der Waals surface area contributed by atoms with E-state index in [-0.39, 0.29) is 17.7 Å². The third-order valence-electron chi connectivity index (χ3n) is 6.42. The molecule has 1 saturated heterocycles. The van der Waals surface area contributed by atoms with Gasteiger partial charge >= 0.3 is 0 Å². The highest BCUT2D eigenvalue weighted by Gasteiger charge is 2.36. The summed E-state index contributed by atoms with van der Waals surface area (Å²) in [7, 11) is 0. The van der Waals surface area contributed by atoms with E-state index in [1.165, 1.54) is 22.3 Å². The number of nitrogens with zero attached hydrogens (tertiary/aromatic N) is 1. The van der Waals surface area contributed by atoms with Gasteiger partial charge in [-0.05, 0) is 46.9 Å². The number of para-hydroxylation sites is 1. The van der Waals surface area contributed by atoms with Crippen LogP contribution in [-0.4, -0.2) is 34.8 Å². The smallest absolute Gasteiger partial charge is 0.256 e. The Hall–Kier alpha value is -3.86. The molecule has 0 atom stereocenters. The first-order chi connectivity index (χ1) is 15.2. The molecule has 152 valence electrons. The second-order valence-corrected chi connectivity index (χ2v) is 8.35. The molecule has 5 heteroatoms. The van der Waals surface area contributed by atoms with Crippen molar-refractivity contribution in [1.29, 1.82) is 0 Å². The lowest BCUT2D eigenvalue weighted by atomic mass is 9.97. The van der Waals surface area contributed by atoms with Gasteiger partial charge in [0.05, 0.1) is 11.5 Å². The van der Waals surface area contributed by atoms with Crippen molar-refractivity contribution < 1.29 is 9.59 Å². The fourth-order valence-corrected chi connectivity index (χ4v) is 4.70. The molecule has 2 N–H and O–H groups in total. The molecule has 0 radical (unpaired) electrons. The van der Waals surface area contributed by atoms with Crippen LogP contribution in [0, 0.1) is 5.92 Å². The first-order valence-electron chi connectivity index (χ1n) is 10.5. The molecule has 0 bridgehead atoms. The summed E-state index contributed by atoms with van der Waals surface area (Å²) in [6.45, 7) is 0.890. The minimum atomic E-state index is -0.181. The quantitative estimate of drug-likeness (QED) is 0.464. The van der Waals surface area contributed by atoms with Crippen molar-refractivity contribution in [2.24, 2.45) is 5.92 Å². The molecule has 31 heavy (non-hydrogen) atoms. The third-order valence-corrected chi connectivity index (χ3v) is 6.42. The molecule has 4 aromatic rings. The van der Waals surface area contributed by atoms with Gasteiger partial charge in [0.15, 0.2) is 0 Å². The second kappa shape index (κ2) is 6.84. The van der Waals surface area contributed by atoms with Crippen LogP contribution in [0.4, 0.5) is 5.69 Å². The largest absolute Gasteiger partial charge is 0.360 e. The zero-order chi connectivity index (χ0) is 20.9. The number of hydrogen-bond acceptors (Lipinski definition) is 2. The van der Waals surface area contributed by atoms with Gasteiger partial charge in [-0.2, -0.15) is 0 Å². The molecule has 2 heterocycles. The summed E-state index contributed by atoms with van der Waals surface area (Å²) in [5.41, 5.74) is 7.51. The zero-order valence-electron chi connectivity index (χ0n) is 16.9. The Labute approximate surface area is 179 Å². The van der Waals surface area contributed by atoms with Crippen molar-refractivity contribution in [1.82, 2.24) is 9.88 Å². The fourth-order valence-electron chi connectivity index (χ4n) is 4.70. The number of likely N-dealkylation sites (tertiary alicyclic amines) is 1. The van der Waals surface area contributed by atoms with Gasteiger partial charge in [-0.1, -0.05) is 48.5 Å². The van der Waals surface area contributed by atoms with E-state index in [1.54, 1.807) is 11.1 Å². The summed E-state index contributed by atoms with van der Waals surface area (Å²) in [4.78, 5) is 30.4. The molecular weight excluding hydrogens is 386 g/mol. The standard InChI is InChI=1S/C26H21N3O2/c30-25(28-19-9-10-21-17(12-19)11-16-5-1-2-6-20(16)21)18-14-29(15-18)26(31)23-13-27-24-8-4-3-7-22(23)24/h1-10,12-13,18,27H,11,14-15H2,(H,28,30). The minimum absolute atomic E-state index is 0.0292. The lowest BCUT2D eigenvalue weighted by Crippen LogP contribution is -2.54. The zero-order valence-corrected chi connectivity index (χ0v) is 16.9. The van der Waals surface area contributed by atoms with Crippen molar-refractivity contribution >= 4 is 28.4 Å². The van der Waals surface area contributed by atoms with Gasteiger partial charge in [0.25, 0.3) is 5.91 Å². The van der Waals surface area contributed by atoms with Gasteiger partial charge in [0, 0.05) is 35.9 Å². The van der Waals surface area contributed by atoms with Crippen LogP contribution in [0.5, 0.6) is 0 Å². The molecule has 2 amide bonds. The van der Waals surface area contributed by atoms with Crippen LogP contribution in [0.1, 0.15) is 21.5 Å². The van der Waals surface area contributed by atoms with Crippen LogP contribution in [-0.2, 0) is 11.2 Å². The van der Waals surface area contributed by atoms with Gasteiger partial charge in [-0.25, -0.2) is 0 Å². The number of amides is 2. The topological polar surface area (TPSA) is 65.2 Å². The molecule has 5 nitrogen and oxygen atoms in total. The van der Waals surface area contributed by atoms with Gasteiger partial charge in [-0.3, -0.25) is 9.59 Å². The van der Waals surface area contributed by atoms with Gasteiger partial charge in [-0.15, -0.1) is 0 Å². The fraction of sp³-hybridized carbons (Fsp3) is 0.154. The molecule has 0 spiro atoms. The highest BCUT2D eigenvalue weighted by Crippen LogP contribution is 2.37. The lowest BCUT2D eigenvalue weighted by molar-refractivity contribution is -0.123. The summed E-state index contributed by atoms with van der Waals surface area (Å²) in [5.74, 6) is -0.241. The van der Waals surface area contributed by atoms with Crippen molar-refractivity contribution in [3.8, 4) is 11.1 Å². The second-order valence-electron chi connectivity index (χ2n) is 8.35. The molecule has 1 aromatic heterocycles. The minimum Gasteiger partial charge on any atom is -0.360 e. The van der Waals surface area contributed by atoms with E-state index in [2.05, 4.69) is 46.7 Å². The number of hydrogen-bond donors (Lipinski definition) is 2. The van der Waals surface area contributed by atoms with Crippen molar-refractivity contribution in [2.75, 3.05) is 18.4 Å². The van der Waals surface area contributed by atoms with E-state index in [9.17, 15) is 9.59 Å². The number of aromatic nitrogens is 1. The molecule has 1 fully saturated rings. The molecule has 0 unspecified atom stereocenters. The van der Waals surface area contributed by atoms with Crippen molar-refractivity contribution in [2.45, 2.75) is 6.42 Å². The van der Waals surface area contributed by atoms with E-state index in [4.69, 9.17) is 0 Å². The molecule has 6 rings (SSSR count). The van der Waals surface area contributed by atoms with Gasteiger partial charge in [0.2, 0.25) is 5.91 Å². The van der Waals surface area contributed by atoms with Gasteiger partial charge < -0.3 is 15.2 Å². The average Bonchev–Trinajstić information content (AvgIpc) is 3.33. The van der Waals surface area contributed by atoms with Crippen molar-refractivity contribution in [3.05, 3.63) is 89.6 Å². The SMILES string of the molecule is O=C(Nc1ccc2c(c1)Cc1ccccc1-2)C1CN(C(=O)c2c[nH]c3ccccc23)C1. The van der Waals surface area contributed by atoms with E-state index >= 15 is 0 Å². The summed E-state index contributed by atoms with van der Waals surface area (Å²) in [5, 5.41) is 3.96. The highest BCUT2D eigenvalue weighted by molar-refractivity contribution is 6.07. The number of H-pyrrole nitrogens is 1. The molecular formula is C26H21N3O2. The van der Waals surface area contributed by atoms with Crippen LogP contribution in [0.2, 0.25) is 0 Å². The van der Waals surface area contributed by atoms with E-state index < -0.39 is 0 Å². The van der Waals surface area contributed by atoms with Crippen LogP contribution < -0.4 is 5.32 Å². The lowest BCUT2D eigenvalue weighted by Gasteiger charge is -2.38. The summed E-state index contributed by atoms with van der Waals surface area (Å²) in [6.07, 6.45) is 2.65. The number of carbonyl (C=O) groups excluding carboxylic acids is 2. The Morgan fingerprint density at radius 1 is 0.903 bits per heavy atom. The number of rotatable bonds is 3. The number of nitrogens with one attached hydrogen (secondary N) is 2. The molecule has 3 aromatic carbocycles. The number of benzene rings is 3. The predicted octanol–water partition coefficient (Wildman–Crippen LogP) is 4.45. The highest BCUT2D eigenvalue weighted by atomic mass is 16.2. The van der Waals surface area contributed by atoms with Crippen molar-refractivity contribution in [3.63, 3.8) is 0 Å². The average molecular weight is 407 g/mol. The molecule has 1 aliphatic carbocycles. The van der Waals surface area contributed by atoms with Crippen LogP contribution in [0.25, 0.3) is 22.0 Å². The number of aromatic amines is 1. The Morgan fingerprint density at radius 2 is 1.68 bits per heavy atom. The number of carbonyl (C=O) groups is 2. The Bertz CT molecular complexity index is 1350. The van der Waals surface area contributed by atoms with E-state index in [0.29, 0.717) is 18.7 Å². The molecule has 2 aliphatic rings. The maximum atomic E-state index is 12.8. The monoisotopic (exact) mass is 407 g/mol. The third kappa shape index (κ3) is 2.93. The first-order valence-corrected chi connectivity index (χ1v) is 10.5. The van der Waals surface area contributed by atoms with Crippen LogP contribution >= 0.6 is 0 Å². The Morgan fingerprint density at radius 3 is 2.58 bits per heavy atom. The normalized spacial score (nSPS) is 14.8. The van der Waals surface area contributed by atoms with Crippen LogP contribution in [0.3, 0.4) is 0 Å². The maximum absolute atomic E-state index is 12.8. The van der Waals surface area contributed by atoms with Gasteiger partial charge in [0.1, 0.15) is 0 Å². The Kier molecular flexibility index (Phi) is 3.96. The number of fused-ring (bicyclic) bond motifs is 4. The summed E-state index contributed by atoms with van der Waals surface area (Å²) >= 11 is 0. The first kappa shape index (κ1) is 18.0. The van der Waals surface area contributed by atoms with E-state index in [0.717, 1.165) is 23.0 Å². The molecule has 1 aliphatic heterocycles. The Balaban J connectivity index is 1.11. The summed E-state index contributed by atoms with van der Waals surface area (Å²) in [6, 6.07) is 22.3. The number of anilines is 1. The van der Waals surface area contributed by atoms with Crippen LogP contribution in [0.15, 0.2) is 72.9 Å².